The molecular formula is C18H19N3O2. The molecule has 0 radical (unpaired) electrons. The van der Waals surface area contributed by atoms with Crippen molar-refractivity contribution in [3.63, 3.8) is 0 Å². The fraction of sp³-hybridized carbons (Fsp3) is 0.278. The van der Waals surface area contributed by atoms with E-state index in [-0.39, 0.29) is 0 Å². The van der Waals surface area contributed by atoms with Gasteiger partial charge in [0.2, 0.25) is 0 Å². The molecule has 23 heavy (non-hydrogen) atoms. The van der Waals surface area contributed by atoms with Crippen molar-refractivity contribution in [1.82, 2.24) is 9.55 Å². The maximum absolute atomic E-state index is 6.04. The number of hydrogen-bond acceptors (Lipinski definition) is 4. The van der Waals surface area contributed by atoms with Gasteiger partial charge in [-0.25, -0.2) is 4.98 Å². The summed E-state index contributed by atoms with van der Waals surface area (Å²) in [7, 11) is 1.98. The molecule has 2 aromatic carbocycles. The Labute approximate surface area is 135 Å². The van der Waals surface area contributed by atoms with Crippen LogP contribution in [0.3, 0.4) is 0 Å². The molecule has 4 rings (SSSR count). The molecule has 0 atom stereocenters. The van der Waals surface area contributed by atoms with Gasteiger partial charge in [0.25, 0.3) is 0 Å². The summed E-state index contributed by atoms with van der Waals surface area (Å²) in [4.78, 5) is 6.65. The molecule has 1 fully saturated rings. The number of nitrogens with zero attached hydrogens (tertiary/aromatic N) is 3. The minimum Gasteiger partial charge on any atom is -0.457 e. The van der Waals surface area contributed by atoms with Crippen LogP contribution in [-0.4, -0.2) is 35.9 Å². The lowest BCUT2D eigenvalue weighted by Gasteiger charge is -2.29. The average molecular weight is 309 g/mol. The van der Waals surface area contributed by atoms with Crippen molar-refractivity contribution < 1.29 is 9.47 Å². The highest BCUT2D eigenvalue weighted by Crippen LogP contribution is 2.28. The fourth-order valence-corrected chi connectivity index (χ4v) is 2.87. The van der Waals surface area contributed by atoms with Gasteiger partial charge in [0.15, 0.2) is 0 Å². The molecular weight excluding hydrogens is 290 g/mol. The predicted molar refractivity (Wildman–Crippen MR) is 90.3 cm³/mol. The van der Waals surface area contributed by atoms with E-state index in [0.29, 0.717) is 0 Å². The van der Waals surface area contributed by atoms with Gasteiger partial charge in [-0.2, -0.15) is 0 Å². The van der Waals surface area contributed by atoms with E-state index in [4.69, 9.17) is 9.47 Å². The zero-order chi connectivity index (χ0) is 15.6. The Bertz CT molecular complexity index is 822. The van der Waals surface area contributed by atoms with Crippen molar-refractivity contribution in [2.45, 2.75) is 0 Å². The van der Waals surface area contributed by atoms with Crippen LogP contribution < -0.4 is 9.64 Å². The Morgan fingerprint density at radius 3 is 2.74 bits per heavy atom. The second-order valence-corrected chi connectivity index (χ2v) is 5.70. The molecule has 1 saturated heterocycles. The number of benzene rings is 2. The SMILES string of the molecule is Cn1cnc2ccc(Oc3cccc(N4CCOCC4)c3)cc21. The van der Waals surface area contributed by atoms with Gasteiger partial charge in [-0.3, -0.25) is 0 Å². The second kappa shape index (κ2) is 5.93. The van der Waals surface area contributed by atoms with Crippen LogP contribution in [0.5, 0.6) is 11.5 Å². The highest BCUT2D eigenvalue weighted by atomic mass is 16.5. The number of fused-ring (bicyclic) bond motifs is 1. The van der Waals surface area contributed by atoms with E-state index in [1.165, 1.54) is 5.69 Å². The second-order valence-electron chi connectivity index (χ2n) is 5.70. The van der Waals surface area contributed by atoms with Gasteiger partial charge in [0, 0.05) is 38.0 Å². The summed E-state index contributed by atoms with van der Waals surface area (Å²) in [6.45, 7) is 3.40. The topological polar surface area (TPSA) is 39.5 Å². The van der Waals surface area contributed by atoms with Gasteiger partial charge in [-0.05, 0) is 24.3 Å². The molecule has 0 amide bonds. The smallest absolute Gasteiger partial charge is 0.129 e. The van der Waals surface area contributed by atoms with Crippen molar-refractivity contribution in [1.29, 1.82) is 0 Å². The molecule has 3 aromatic rings. The molecule has 5 heteroatoms. The summed E-state index contributed by atoms with van der Waals surface area (Å²) < 4.78 is 13.4. The van der Waals surface area contributed by atoms with Gasteiger partial charge < -0.3 is 18.9 Å². The van der Waals surface area contributed by atoms with Gasteiger partial charge in [-0.15, -0.1) is 0 Å². The number of anilines is 1. The largest absolute Gasteiger partial charge is 0.457 e. The summed E-state index contributed by atoms with van der Waals surface area (Å²) in [6, 6.07) is 14.2. The third kappa shape index (κ3) is 2.87. The van der Waals surface area contributed by atoms with Crippen molar-refractivity contribution in [3.8, 4) is 11.5 Å². The maximum atomic E-state index is 6.04. The van der Waals surface area contributed by atoms with E-state index in [1.807, 2.05) is 48.3 Å². The van der Waals surface area contributed by atoms with Crippen molar-refractivity contribution >= 4 is 16.7 Å². The Morgan fingerprint density at radius 1 is 1.04 bits per heavy atom. The maximum Gasteiger partial charge on any atom is 0.129 e. The third-order valence-corrected chi connectivity index (χ3v) is 4.13. The number of imidazole rings is 1. The van der Waals surface area contributed by atoms with E-state index in [2.05, 4.69) is 22.0 Å². The van der Waals surface area contributed by atoms with Gasteiger partial charge >= 0.3 is 0 Å². The molecule has 0 aliphatic carbocycles. The zero-order valence-corrected chi connectivity index (χ0v) is 13.1. The lowest BCUT2D eigenvalue weighted by Crippen LogP contribution is -2.36. The monoisotopic (exact) mass is 309 g/mol. The van der Waals surface area contributed by atoms with Crippen molar-refractivity contribution in [2.75, 3.05) is 31.2 Å². The standard InChI is InChI=1S/C18H19N3O2/c1-20-13-19-17-6-5-16(12-18(17)20)23-15-4-2-3-14(11-15)21-7-9-22-10-8-21/h2-6,11-13H,7-10H2,1H3. The first kappa shape index (κ1) is 14.1. The number of hydrogen-bond donors (Lipinski definition) is 0. The molecule has 0 spiro atoms. The molecule has 0 saturated carbocycles. The molecule has 1 aliphatic heterocycles. The van der Waals surface area contributed by atoms with E-state index >= 15 is 0 Å². The van der Waals surface area contributed by atoms with Crippen molar-refractivity contribution in [3.05, 3.63) is 48.8 Å². The number of aromatic nitrogens is 2. The number of aryl methyl sites for hydroxylation is 1. The van der Waals surface area contributed by atoms with Crippen LogP contribution in [-0.2, 0) is 11.8 Å². The van der Waals surface area contributed by atoms with E-state index in [1.54, 1.807) is 0 Å². The number of ether oxygens (including phenoxy) is 2. The quantitative estimate of drug-likeness (QED) is 0.745. The van der Waals surface area contributed by atoms with Crippen LogP contribution in [0.2, 0.25) is 0 Å². The lowest BCUT2D eigenvalue weighted by molar-refractivity contribution is 0.122. The molecule has 0 N–H and O–H groups in total. The van der Waals surface area contributed by atoms with Gasteiger partial charge in [-0.1, -0.05) is 6.07 Å². The predicted octanol–water partition coefficient (Wildman–Crippen LogP) is 3.20. The highest BCUT2D eigenvalue weighted by molar-refractivity contribution is 5.77. The zero-order valence-electron chi connectivity index (χ0n) is 13.1. The summed E-state index contributed by atoms with van der Waals surface area (Å²) in [5.41, 5.74) is 3.21. The molecule has 1 aliphatic rings. The fourth-order valence-electron chi connectivity index (χ4n) is 2.87. The molecule has 0 unspecified atom stereocenters. The summed E-state index contributed by atoms with van der Waals surface area (Å²) in [6.07, 6.45) is 1.81. The van der Waals surface area contributed by atoms with Crippen LogP contribution in [0, 0.1) is 0 Å². The molecule has 2 heterocycles. The first-order valence-electron chi connectivity index (χ1n) is 7.81. The van der Waals surface area contributed by atoms with Gasteiger partial charge in [0.05, 0.1) is 30.6 Å². The minimum atomic E-state index is 0.780. The van der Waals surface area contributed by atoms with Crippen LogP contribution >= 0.6 is 0 Å². The summed E-state index contributed by atoms with van der Waals surface area (Å²) >= 11 is 0. The van der Waals surface area contributed by atoms with E-state index in [0.717, 1.165) is 48.8 Å². The molecule has 118 valence electrons. The Balaban J connectivity index is 1.58. The molecule has 5 nitrogen and oxygen atoms in total. The first-order chi connectivity index (χ1) is 11.3. The average Bonchev–Trinajstić information content (AvgIpc) is 2.97. The Hall–Kier alpha value is -2.53. The van der Waals surface area contributed by atoms with Gasteiger partial charge in [0.1, 0.15) is 11.5 Å². The highest BCUT2D eigenvalue weighted by Gasteiger charge is 2.12. The number of rotatable bonds is 3. The molecule has 1 aromatic heterocycles. The normalized spacial score (nSPS) is 15.1. The summed E-state index contributed by atoms with van der Waals surface area (Å²) in [5, 5.41) is 0. The van der Waals surface area contributed by atoms with Crippen LogP contribution in [0.4, 0.5) is 5.69 Å². The van der Waals surface area contributed by atoms with Crippen molar-refractivity contribution in [2.24, 2.45) is 7.05 Å². The first-order valence-corrected chi connectivity index (χ1v) is 7.81. The van der Waals surface area contributed by atoms with E-state index < -0.39 is 0 Å². The Morgan fingerprint density at radius 2 is 1.87 bits per heavy atom. The number of morpholine rings is 1. The van der Waals surface area contributed by atoms with Crippen LogP contribution in [0.1, 0.15) is 0 Å². The lowest BCUT2D eigenvalue weighted by atomic mass is 10.2. The Kier molecular flexibility index (Phi) is 3.63. The third-order valence-electron chi connectivity index (χ3n) is 4.13. The minimum absolute atomic E-state index is 0.780. The van der Waals surface area contributed by atoms with Crippen LogP contribution in [0.25, 0.3) is 11.0 Å². The van der Waals surface area contributed by atoms with Crippen LogP contribution in [0.15, 0.2) is 48.8 Å². The van der Waals surface area contributed by atoms with E-state index in [9.17, 15) is 0 Å². The summed E-state index contributed by atoms with van der Waals surface area (Å²) in [5.74, 6) is 1.66. The molecule has 0 bridgehead atoms.